The van der Waals surface area contributed by atoms with Gasteiger partial charge in [0, 0.05) is 25.9 Å². The Morgan fingerprint density at radius 3 is 2.56 bits per heavy atom. The van der Waals surface area contributed by atoms with E-state index in [0.29, 0.717) is 13.2 Å². The fourth-order valence-electron chi connectivity index (χ4n) is 1.60. The second-order valence-electron chi connectivity index (χ2n) is 4.05. The summed E-state index contributed by atoms with van der Waals surface area (Å²) in [7, 11) is 3.55. The highest BCUT2D eigenvalue weighted by Crippen LogP contribution is 2.07. The van der Waals surface area contributed by atoms with E-state index in [1.807, 2.05) is 31.3 Å². The van der Waals surface area contributed by atoms with Crippen molar-refractivity contribution in [2.24, 2.45) is 0 Å². The van der Waals surface area contributed by atoms with Crippen LogP contribution in [0.15, 0.2) is 24.3 Å². The maximum atomic E-state index is 9.56. The first kappa shape index (κ1) is 13.0. The number of hydrogen-bond donors (Lipinski definition) is 2. The van der Waals surface area contributed by atoms with Gasteiger partial charge in [-0.2, -0.15) is 0 Å². The van der Waals surface area contributed by atoms with Crippen molar-refractivity contribution in [2.45, 2.75) is 12.6 Å². The topological polar surface area (TPSA) is 58.7 Å². The van der Waals surface area contributed by atoms with Gasteiger partial charge in [-0.05, 0) is 24.7 Å². The number of nitrogens with zero attached hydrogens (tertiary/aromatic N) is 1. The van der Waals surface area contributed by atoms with Crippen LogP contribution in [-0.4, -0.2) is 43.4 Å². The Kier molecular flexibility index (Phi) is 5.25. The van der Waals surface area contributed by atoms with Crippen LogP contribution >= 0.6 is 0 Å². The number of aliphatic hydroxyl groups excluding tert-OH is 1. The Labute approximate surface area is 96.6 Å². The van der Waals surface area contributed by atoms with Crippen LogP contribution in [0.4, 0.5) is 5.69 Å². The van der Waals surface area contributed by atoms with Gasteiger partial charge in [-0.3, -0.25) is 4.90 Å². The van der Waals surface area contributed by atoms with Crippen LogP contribution in [0, 0.1) is 0 Å². The van der Waals surface area contributed by atoms with E-state index in [2.05, 4.69) is 4.90 Å². The molecule has 1 unspecified atom stereocenters. The molecule has 0 aromatic heterocycles. The molecule has 0 amide bonds. The zero-order valence-electron chi connectivity index (χ0n) is 9.89. The van der Waals surface area contributed by atoms with Gasteiger partial charge in [0.1, 0.15) is 0 Å². The average Bonchev–Trinajstić information content (AvgIpc) is 2.21. The van der Waals surface area contributed by atoms with Gasteiger partial charge in [0.05, 0.1) is 12.7 Å². The predicted molar refractivity (Wildman–Crippen MR) is 65.1 cm³/mol. The zero-order chi connectivity index (χ0) is 12.0. The van der Waals surface area contributed by atoms with Gasteiger partial charge in [0.25, 0.3) is 0 Å². The number of hydrogen-bond acceptors (Lipinski definition) is 4. The summed E-state index contributed by atoms with van der Waals surface area (Å²) < 4.78 is 4.88. The van der Waals surface area contributed by atoms with Gasteiger partial charge in [0.15, 0.2) is 0 Å². The molecule has 0 spiro atoms. The summed E-state index contributed by atoms with van der Waals surface area (Å²) in [6.07, 6.45) is -0.441. The SMILES string of the molecule is COCC(O)CN(C)Cc1ccc(N)cc1. The Morgan fingerprint density at radius 2 is 2.00 bits per heavy atom. The fraction of sp³-hybridized carbons (Fsp3) is 0.500. The smallest absolute Gasteiger partial charge is 0.0900 e. The summed E-state index contributed by atoms with van der Waals surface area (Å²) in [5, 5.41) is 9.56. The first-order valence-electron chi connectivity index (χ1n) is 5.31. The van der Waals surface area contributed by atoms with Crippen molar-refractivity contribution in [1.82, 2.24) is 4.90 Å². The minimum absolute atomic E-state index is 0.367. The average molecular weight is 224 g/mol. The molecule has 1 rings (SSSR count). The van der Waals surface area contributed by atoms with Gasteiger partial charge >= 0.3 is 0 Å². The minimum Gasteiger partial charge on any atom is -0.399 e. The quantitative estimate of drug-likeness (QED) is 0.699. The number of anilines is 1. The second kappa shape index (κ2) is 6.48. The lowest BCUT2D eigenvalue weighted by Gasteiger charge is -2.20. The van der Waals surface area contributed by atoms with Crippen molar-refractivity contribution in [3.8, 4) is 0 Å². The number of benzene rings is 1. The van der Waals surface area contributed by atoms with Gasteiger partial charge in [-0.15, -0.1) is 0 Å². The number of rotatable bonds is 6. The summed E-state index contributed by atoms with van der Waals surface area (Å²) >= 11 is 0. The Morgan fingerprint density at radius 1 is 1.38 bits per heavy atom. The Hall–Kier alpha value is -1.10. The second-order valence-corrected chi connectivity index (χ2v) is 4.05. The summed E-state index contributed by atoms with van der Waals surface area (Å²) in [6, 6.07) is 7.76. The Bertz CT molecular complexity index is 300. The van der Waals surface area contributed by atoms with Crippen LogP contribution in [0.3, 0.4) is 0 Å². The van der Waals surface area contributed by atoms with E-state index in [-0.39, 0.29) is 0 Å². The molecule has 90 valence electrons. The largest absolute Gasteiger partial charge is 0.399 e. The number of methoxy groups -OCH3 is 1. The molecular weight excluding hydrogens is 204 g/mol. The molecule has 0 aliphatic rings. The first-order valence-corrected chi connectivity index (χ1v) is 5.31. The lowest BCUT2D eigenvalue weighted by molar-refractivity contribution is 0.0419. The van der Waals surface area contributed by atoms with Crippen LogP contribution in [-0.2, 0) is 11.3 Å². The first-order chi connectivity index (χ1) is 7.61. The number of likely N-dealkylation sites (N-methyl/N-ethyl adjacent to an activating group) is 1. The van der Waals surface area contributed by atoms with Crippen LogP contribution < -0.4 is 5.73 Å². The van der Waals surface area contributed by atoms with Crippen molar-refractivity contribution < 1.29 is 9.84 Å². The van der Waals surface area contributed by atoms with Crippen molar-refractivity contribution in [2.75, 3.05) is 33.0 Å². The third-order valence-electron chi connectivity index (χ3n) is 2.31. The molecule has 4 heteroatoms. The van der Waals surface area contributed by atoms with Crippen LogP contribution in [0.25, 0.3) is 0 Å². The predicted octanol–water partition coefficient (Wildman–Crippen LogP) is 0.708. The molecule has 0 saturated heterocycles. The summed E-state index contributed by atoms with van der Waals surface area (Å²) in [5.41, 5.74) is 7.56. The molecule has 0 heterocycles. The molecule has 0 aliphatic carbocycles. The highest BCUT2D eigenvalue weighted by Gasteiger charge is 2.07. The van der Waals surface area contributed by atoms with Crippen molar-refractivity contribution in [1.29, 1.82) is 0 Å². The Balaban J connectivity index is 2.39. The van der Waals surface area contributed by atoms with E-state index < -0.39 is 6.10 Å². The van der Waals surface area contributed by atoms with E-state index in [0.717, 1.165) is 12.2 Å². The van der Waals surface area contributed by atoms with E-state index in [9.17, 15) is 5.11 Å². The molecule has 1 atom stereocenters. The molecule has 0 fully saturated rings. The number of nitrogen functional groups attached to an aromatic ring is 1. The molecule has 1 aromatic carbocycles. The maximum absolute atomic E-state index is 9.56. The van der Waals surface area contributed by atoms with Crippen LogP contribution in [0.5, 0.6) is 0 Å². The highest BCUT2D eigenvalue weighted by molar-refractivity contribution is 5.39. The van der Waals surface area contributed by atoms with E-state index in [4.69, 9.17) is 10.5 Å². The fourth-order valence-corrected chi connectivity index (χ4v) is 1.60. The zero-order valence-corrected chi connectivity index (χ0v) is 9.89. The highest BCUT2D eigenvalue weighted by atomic mass is 16.5. The number of ether oxygens (including phenoxy) is 1. The van der Waals surface area contributed by atoms with Gasteiger partial charge in [-0.1, -0.05) is 12.1 Å². The molecule has 0 aliphatic heterocycles. The van der Waals surface area contributed by atoms with E-state index in [1.165, 1.54) is 5.56 Å². The standard InChI is InChI=1S/C12H20N2O2/c1-14(8-12(15)9-16-2)7-10-3-5-11(13)6-4-10/h3-6,12,15H,7-9,13H2,1-2H3. The van der Waals surface area contributed by atoms with Gasteiger partial charge in [0.2, 0.25) is 0 Å². The normalized spacial score (nSPS) is 13.0. The molecule has 4 nitrogen and oxygen atoms in total. The maximum Gasteiger partial charge on any atom is 0.0900 e. The number of aliphatic hydroxyl groups is 1. The molecule has 16 heavy (non-hydrogen) atoms. The molecule has 1 aromatic rings. The van der Waals surface area contributed by atoms with Crippen molar-refractivity contribution in [3.63, 3.8) is 0 Å². The van der Waals surface area contributed by atoms with Crippen molar-refractivity contribution in [3.05, 3.63) is 29.8 Å². The minimum atomic E-state index is -0.441. The van der Waals surface area contributed by atoms with Crippen LogP contribution in [0.1, 0.15) is 5.56 Å². The monoisotopic (exact) mass is 224 g/mol. The summed E-state index contributed by atoms with van der Waals surface area (Å²) in [6.45, 7) is 1.76. The number of nitrogens with two attached hydrogens (primary N) is 1. The third kappa shape index (κ3) is 4.61. The molecule has 0 bridgehead atoms. The summed E-state index contributed by atoms with van der Waals surface area (Å²) in [5.74, 6) is 0. The van der Waals surface area contributed by atoms with Gasteiger partial charge in [-0.25, -0.2) is 0 Å². The lowest BCUT2D eigenvalue weighted by atomic mass is 10.2. The van der Waals surface area contributed by atoms with Crippen LogP contribution in [0.2, 0.25) is 0 Å². The van der Waals surface area contributed by atoms with E-state index >= 15 is 0 Å². The van der Waals surface area contributed by atoms with E-state index in [1.54, 1.807) is 7.11 Å². The lowest BCUT2D eigenvalue weighted by Crippen LogP contribution is -2.31. The van der Waals surface area contributed by atoms with Gasteiger partial charge < -0.3 is 15.6 Å². The molecule has 0 radical (unpaired) electrons. The van der Waals surface area contributed by atoms with Crippen molar-refractivity contribution >= 4 is 5.69 Å². The molecule has 3 N–H and O–H groups in total. The summed E-state index contributed by atoms with van der Waals surface area (Å²) in [4.78, 5) is 2.05. The molecule has 0 saturated carbocycles. The third-order valence-corrected chi connectivity index (χ3v) is 2.31. The molecular formula is C12H20N2O2.